The molecule has 2 unspecified atom stereocenters. The van der Waals surface area contributed by atoms with Gasteiger partial charge in [-0.25, -0.2) is 4.39 Å². The summed E-state index contributed by atoms with van der Waals surface area (Å²) in [5, 5.41) is 20.9. The Hall–Kier alpha value is -1.66. The summed E-state index contributed by atoms with van der Waals surface area (Å²) >= 11 is 0. The molecule has 0 spiro atoms. The van der Waals surface area contributed by atoms with Crippen LogP contribution in [0.1, 0.15) is 43.4 Å². The van der Waals surface area contributed by atoms with E-state index in [0.29, 0.717) is 6.54 Å². The Balaban J connectivity index is 0.00000320. The molecule has 0 aliphatic carbocycles. The van der Waals surface area contributed by atoms with Gasteiger partial charge >= 0.3 is 0 Å². The molecule has 1 aliphatic rings. The van der Waals surface area contributed by atoms with Gasteiger partial charge in [-0.1, -0.05) is 37.6 Å². The summed E-state index contributed by atoms with van der Waals surface area (Å²) in [6.45, 7) is 4.64. The predicted octanol–water partition coefficient (Wildman–Crippen LogP) is 4.39. The first kappa shape index (κ1) is 24.6. The maximum atomic E-state index is 13.1. The average molecular weight is 438 g/mol. The van der Waals surface area contributed by atoms with Crippen LogP contribution >= 0.6 is 12.4 Å². The van der Waals surface area contributed by atoms with Crippen LogP contribution in [0.3, 0.4) is 0 Å². The van der Waals surface area contributed by atoms with Crippen molar-refractivity contribution in [3.05, 3.63) is 65.5 Å². The van der Waals surface area contributed by atoms with Crippen LogP contribution in [-0.4, -0.2) is 47.5 Å². The molecule has 0 radical (unpaired) electrons. The van der Waals surface area contributed by atoms with Crippen molar-refractivity contribution in [2.75, 3.05) is 26.2 Å². The lowest BCUT2D eigenvalue weighted by Gasteiger charge is -2.35. The van der Waals surface area contributed by atoms with Crippen LogP contribution in [0.2, 0.25) is 0 Å². The smallest absolute Gasteiger partial charge is 0.123 e. The van der Waals surface area contributed by atoms with Gasteiger partial charge in [0.05, 0.1) is 6.10 Å². The van der Waals surface area contributed by atoms with E-state index in [1.807, 2.05) is 12.1 Å². The number of likely N-dealkylation sites (tertiary alicyclic amines) is 1. The number of β-amino-alcohol motifs (C(OH)–C–C–N with tert-alkyl or cyclic N) is 1. The fraction of sp³-hybridized carbons (Fsp3) is 0.500. The number of aliphatic hydroxyl groups excluding tert-OH is 2. The summed E-state index contributed by atoms with van der Waals surface area (Å²) in [4.78, 5) is 2.21. The maximum Gasteiger partial charge on any atom is 0.123 e. The maximum absolute atomic E-state index is 13.1. The number of rotatable bonds is 9. The third kappa shape index (κ3) is 7.24. The van der Waals surface area contributed by atoms with Crippen molar-refractivity contribution < 1.29 is 19.3 Å². The minimum Gasteiger partial charge on any atom is -0.491 e. The highest BCUT2D eigenvalue weighted by Crippen LogP contribution is 2.30. The SMILES string of the molecule is CCCc1ccc(OCC(O)CN2CCC(C(O)c3ccc(F)cc3)CC2)cc1.Cl. The van der Waals surface area contributed by atoms with Gasteiger partial charge in [0.1, 0.15) is 24.3 Å². The van der Waals surface area contributed by atoms with E-state index in [2.05, 4.69) is 24.0 Å². The minimum atomic E-state index is -0.568. The van der Waals surface area contributed by atoms with Gasteiger partial charge in [0.15, 0.2) is 0 Å². The van der Waals surface area contributed by atoms with Crippen LogP contribution in [0.5, 0.6) is 5.75 Å². The van der Waals surface area contributed by atoms with Crippen LogP contribution in [0.15, 0.2) is 48.5 Å². The number of piperidine rings is 1. The second-order valence-electron chi connectivity index (χ2n) is 7.99. The number of nitrogens with zero attached hydrogens (tertiary/aromatic N) is 1. The molecule has 3 rings (SSSR count). The van der Waals surface area contributed by atoms with E-state index in [9.17, 15) is 14.6 Å². The largest absolute Gasteiger partial charge is 0.491 e. The van der Waals surface area contributed by atoms with E-state index in [1.165, 1.54) is 17.7 Å². The molecule has 0 amide bonds. The first-order valence-corrected chi connectivity index (χ1v) is 10.6. The zero-order valence-electron chi connectivity index (χ0n) is 17.5. The average Bonchev–Trinajstić information content (AvgIpc) is 2.74. The Morgan fingerprint density at radius 1 is 1.03 bits per heavy atom. The Labute approximate surface area is 185 Å². The van der Waals surface area contributed by atoms with Crippen LogP contribution < -0.4 is 4.74 Å². The third-order valence-corrected chi connectivity index (χ3v) is 5.66. The highest BCUT2D eigenvalue weighted by Gasteiger charge is 2.27. The minimum absolute atomic E-state index is 0. The lowest BCUT2D eigenvalue weighted by atomic mass is 9.87. The van der Waals surface area contributed by atoms with Crippen molar-refractivity contribution in [1.29, 1.82) is 0 Å². The molecule has 0 aromatic heterocycles. The number of aliphatic hydroxyl groups is 2. The van der Waals surface area contributed by atoms with Gasteiger partial charge in [0.25, 0.3) is 0 Å². The second kappa shape index (κ2) is 12.3. The van der Waals surface area contributed by atoms with Crippen LogP contribution in [0, 0.1) is 11.7 Å². The fourth-order valence-corrected chi connectivity index (χ4v) is 3.97. The molecule has 30 heavy (non-hydrogen) atoms. The standard InChI is InChI=1S/C24H32FNO3.ClH/c1-2-3-18-4-10-23(11-5-18)29-17-22(27)16-26-14-12-20(13-15-26)24(28)19-6-8-21(25)9-7-19;/h4-11,20,22,24,27-28H,2-3,12-17H2,1H3;1H. The summed E-state index contributed by atoms with van der Waals surface area (Å²) < 4.78 is 18.8. The van der Waals surface area contributed by atoms with Crippen LogP contribution in [-0.2, 0) is 6.42 Å². The van der Waals surface area contributed by atoms with Gasteiger partial charge in [-0.2, -0.15) is 0 Å². The summed E-state index contributed by atoms with van der Waals surface area (Å²) in [6, 6.07) is 14.2. The molecule has 2 aromatic rings. The van der Waals surface area contributed by atoms with Gasteiger partial charge in [-0.05, 0) is 73.7 Å². The quantitative estimate of drug-likeness (QED) is 0.611. The monoisotopic (exact) mass is 437 g/mol. The van der Waals surface area contributed by atoms with E-state index in [4.69, 9.17) is 4.74 Å². The highest BCUT2D eigenvalue weighted by atomic mass is 35.5. The van der Waals surface area contributed by atoms with Crippen molar-refractivity contribution >= 4 is 12.4 Å². The molecular weight excluding hydrogens is 405 g/mol. The Morgan fingerprint density at radius 3 is 2.27 bits per heavy atom. The molecule has 2 aromatic carbocycles. The van der Waals surface area contributed by atoms with Gasteiger partial charge in [0, 0.05) is 6.54 Å². The predicted molar refractivity (Wildman–Crippen MR) is 120 cm³/mol. The normalized spacial score (nSPS) is 17.2. The molecule has 1 heterocycles. The lowest BCUT2D eigenvalue weighted by molar-refractivity contribution is 0.0278. The number of halogens is 2. The molecule has 166 valence electrons. The van der Waals surface area contributed by atoms with E-state index in [1.54, 1.807) is 12.1 Å². The lowest BCUT2D eigenvalue weighted by Crippen LogP contribution is -2.41. The van der Waals surface area contributed by atoms with Gasteiger partial charge in [0.2, 0.25) is 0 Å². The van der Waals surface area contributed by atoms with Crippen molar-refractivity contribution in [2.24, 2.45) is 5.92 Å². The number of ether oxygens (including phenoxy) is 1. The third-order valence-electron chi connectivity index (χ3n) is 5.66. The number of hydrogen-bond donors (Lipinski definition) is 2. The van der Waals surface area contributed by atoms with Gasteiger partial charge in [-0.15, -0.1) is 12.4 Å². The van der Waals surface area contributed by atoms with Crippen LogP contribution in [0.4, 0.5) is 4.39 Å². The molecule has 0 bridgehead atoms. The molecule has 4 nitrogen and oxygen atoms in total. The molecule has 1 fully saturated rings. The molecule has 0 saturated carbocycles. The topological polar surface area (TPSA) is 52.9 Å². The van der Waals surface area contributed by atoms with Crippen LogP contribution in [0.25, 0.3) is 0 Å². The molecule has 2 atom stereocenters. The fourth-order valence-electron chi connectivity index (χ4n) is 3.97. The van der Waals surface area contributed by atoms with Crippen molar-refractivity contribution in [1.82, 2.24) is 4.90 Å². The van der Waals surface area contributed by atoms with E-state index < -0.39 is 12.2 Å². The first-order chi connectivity index (χ1) is 14.0. The van der Waals surface area contributed by atoms with Gasteiger partial charge in [-0.3, -0.25) is 0 Å². The summed E-state index contributed by atoms with van der Waals surface area (Å²) in [6.07, 6.45) is 2.77. The molecular formula is C24H33ClFNO3. The second-order valence-corrected chi connectivity index (χ2v) is 7.99. The molecule has 1 aliphatic heterocycles. The summed E-state index contributed by atoms with van der Waals surface area (Å²) in [5.74, 6) is 0.653. The Morgan fingerprint density at radius 2 is 1.67 bits per heavy atom. The van der Waals surface area contributed by atoms with Gasteiger partial charge < -0.3 is 19.8 Å². The zero-order valence-corrected chi connectivity index (χ0v) is 18.4. The zero-order chi connectivity index (χ0) is 20.6. The van der Waals surface area contributed by atoms with Crippen molar-refractivity contribution in [3.63, 3.8) is 0 Å². The van der Waals surface area contributed by atoms with E-state index in [0.717, 1.165) is 50.1 Å². The first-order valence-electron chi connectivity index (χ1n) is 10.6. The van der Waals surface area contributed by atoms with Crippen molar-refractivity contribution in [3.8, 4) is 5.75 Å². The highest BCUT2D eigenvalue weighted by molar-refractivity contribution is 5.85. The molecule has 6 heteroatoms. The van der Waals surface area contributed by atoms with E-state index >= 15 is 0 Å². The number of aryl methyl sites for hydroxylation is 1. The summed E-state index contributed by atoms with van der Waals surface area (Å²) in [5.41, 5.74) is 2.06. The van der Waals surface area contributed by atoms with E-state index in [-0.39, 0.29) is 30.7 Å². The number of hydrogen-bond acceptors (Lipinski definition) is 4. The van der Waals surface area contributed by atoms with Crippen molar-refractivity contribution in [2.45, 2.75) is 44.8 Å². The summed E-state index contributed by atoms with van der Waals surface area (Å²) in [7, 11) is 0. The Bertz CT molecular complexity index is 733. The number of benzene rings is 2. The molecule has 2 N–H and O–H groups in total. The molecule has 1 saturated heterocycles. The Kier molecular flexibility index (Phi) is 10.1.